The second-order valence-corrected chi connectivity index (χ2v) is 2.73. The maximum absolute atomic E-state index is 11.2. The van der Waals surface area contributed by atoms with E-state index < -0.39 is 5.97 Å². The highest BCUT2D eigenvalue weighted by Gasteiger charge is 2.14. The van der Waals surface area contributed by atoms with Crippen LogP contribution in [0, 0.1) is 5.21 Å². The van der Waals surface area contributed by atoms with E-state index in [2.05, 4.69) is 4.98 Å². The molecule has 0 unspecified atom stereocenters. The fraction of sp³-hybridized carbons (Fsp3) is 0. The SMILES string of the molecule is O=C(O)c1cc[n+]([O-])c2cccnc12. The Morgan fingerprint density at radius 1 is 1.50 bits per heavy atom. The van der Waals surface area contributed by atoms with Crippen LogP contribution in [-0.4, -0.2) is 16.1 Å². The number of nitrogens with zero attached hydrogens (tertiary/aromatic N) is 2. The van der Waals surface area contributed by atoms with Crippen LogP contribution in [0.3, 0.4) is 0 Å². The molecule has 0 aliphatic carbocycles. The van der Waals surface area contributed by atoms with Crippen LogP contribution in [0.4, 0.5) is 0 Å². The molecular weight excluding hydrogens is 184 g/mol. The molecule has 0 fully saturated rings. The molecule has 70 valence electrons. The van der Waals surface area contributed by atoms with Crippen LogP contribution in [-0.2, 0) is 0 Å². The van der Waals surface area contributed by atoms with Gasteiger partial charge in [0.05, 0.1) is 5.56 Å². The number of carbonyl (C=O) groups is 1. The molecule has 0 atom stereocenters. The molecule has 2 rings (SSSR count). The van der Waals surface area contributed by atoms with Gasteiger partial charge in [-0.1, -0.05) is 0 Å². The first-order valence-corrected chi connectivity index (χ1v) is 3.90. The molecule has 0 radical (unpaired) electrons. The van der Waals surface area contributed by atoms with Crippen LogP contribution < -0.4 is 4.73 Å². The Hall–Kier alpha value is -2.17. The van der Waals surface area contributed by atoms with Crippen LogP contribution in [0.1, 0.15) is 10.4 Å². The van der Waals surface area contributed by atoms with Gasteiger partial charge in [0.25, 0.3) is 0 Å². The zero-order chi connectivity index (χ0) is 10.1. The third-order valence-corrected chi connectivity index (χ3v) is 1.89. The summed E-state index contributed by atoms with van der Waals surface area (Å²) in [6.45, 7) is 0. The molecule has 0 aliphatic rings. The number of rotatable bonds is 1. The van der Waals surface area contributed by atoms with Gasteiger partial charge in [-0.2, -0.15) is 4.73 Å². The van der Waals surface area contributed by atoms with Gasteiger partial charge in [0, 0.05) is 18.3 Å². The number of carboxylic acids is 1. The predicted octanol–water partition coefficient (Wildman–Crippen LogP) is 0.566. The van der Waals surface area contributed by atoms with Crippen molar-refractivity contribution in [1.29, 1.82) is 0 Å². The molecule has 5 heteroatoms. The summed E-state index contributed by atoms with van der Waals surface area (Å²) >= 11 is 0. The van der Waals surface area contributed by atoms with Gasteiger partial charge >= 0.3 is 5.97 Å². The fourth-order valence-electron chi connectivity index (χ4n) is 1.26. The molecule has 2 heterocycles. The number of aromatic carboxylic acids is 1. The topological polar surface area (TPSA) is 77.1 Å². The first-order valence-electron chi connectivity index (χ1n) is 3.90. The Labute approximate surface area is 78.8 Å². The highest BCUT2D eigenvalue weighted by molar-refractivity contribution is 5.99. The van der Waals surface area contributed by atoms with E-state index in [9.17, 15) is 10.0 Å². The van der Waals surface area contributed by atoms with Crippen molar-refractivity contribution in [1.82, 2.24) is 4.98 Å². The van der Waals surface area contributed by atoms with Gasteiger partial charge in [0.15, 0.2) is 11.7 Å². The fourth-order valence-corrected chi connectivity index (χ4v) is 1.26. The summed E-state index contributed by atoms with van der Waals surface area (Å²) in [4.78, 5) is 14.6. The molecule has 0 aliphatic heterocycles. The van der Waals surface area contributed by atoms with Crippen LogP contribution in [0.15, 0.2) is 30.6 Å². The van der Waals surface area contributed by atoms with Crippen molar-refractivity contribution in [2.75, 3.05) is 0 Å². The molecule has 0 saturated heterocycles. The van der Waals surface area contributed by atoms with Crippen LogP contribution in [0.5, 0.6) is 0 Å². The molecule has 2 aromatic heterocycles. The average molecular weight is 190 g/mol. The normalized spacial score (nSPS) is 10.3. The second kappa shape index (κ2) is 2.95. The minimum Gasteiger partial charge on any atom is -0.618 e. The zero-order valence-corrected chi connectivity index (χ0v) is 7.04. The summed E-state index contributed by atoms with van der Waals surface area (Å²) < 4.78 is 0.592. The molecule has 0 spiro atoms. The monoisotopic (exact) mass is 190 g/mol. The van der Waals surface area contributed by atoms with Crippen LogP contribution >= 0.6 is 0 Å². The van der Waals surface area contributed by atoms with Gasteiger partial charge in [-0.05, 0) is 6.07 Å². The number of aromatic nitrogens is 2. The lowest BCUT2D eigenvalue weighted by molar-refractivity contribution is -0.577. The molecule has 0 aromatic carbocycles. The van der Waals surface area contributed by atoms with Crippen molar-refractivity contribution in [3.63, 3.8) is 0 Å². The Bertz CT molecular complexity index is 510. The highest BCUT2D eigenvalue weighted by atomic mass is 16.5. The maximum Gasteiger partial charge on any atom is 0.338 e. The smallest absolute Gasteiger partial charge is 0.338 e. The number of fused-ring (bicyclic) bond motifs is 1. The molecule has 1 N–H and O–H groups in total. The van der Waals surface area contributed by atoms with E-state index in [1.165, 1.54) is 18.3 Å². The summed E-state index contributed by atoms with van der Waals surface area (Å²) in [6, 6.07) is 4.36. The number of pyridine rings is 2. The minimum absolute atomic E-state index is 0.0349. The van der Waals surface area contributed by atoms with Crippen molar-refractivity contribution in [3.05, 3.63) is 41.4 Å². The number of carboxylic acid groups (broad SMARTS) is 1. The Balaban J connectivity index is 2.88. The summed E-state index contributed by atoms with van der Waals surface area (Å²) in [7, 11) is 0. The molecule has 0 bridgehead atoms. The van der Waals surface area contributed by atoms with E-state index in [1.807, 2.05) is 0 Å². The third-order valence-electron chi connectivity index (χ3n) is 1.89. The van der Waals surface area contributed by atoms with E-state index in [-0.39, 0.29) is 16.6 Å². The minimum atomic E-state index is -1.09. The number of hydrogen-bond donors (Lipinski definition) is 1. The van der Waals surface area contributed by atoms with Crippen LogP contribution in [0.2, 0.25) is 0 Å². The lowest BCUT2D eigenvalue weighted by Gasteiger charge is -2.02. The van der Waals surface area contributed by atoms with Gasteiger partial charge < -0.3 is 10.3 Å². The van der Waals surface area contributed by atoms with E-state index in [1.54, 1.807) is 6.07 Å². The second-order valence-electron chi connectivity index (χ2n) is 2.73. The zero-order valence-electron chi connectivity index (χ0n) is 7.04. The quantitative estimate of drug-likeness (QED) is 0.526. The number of hydrogen-bond acceptors (Lipinski definition) is 3. The largest absolute Gasteiger partial charge is 0.618 e. The van der Waals surface area contributed by atoms with E-state index in [4.69, 9.17) is 5.11 Å². The van der Waals surface area contributed by atoms with Gasteiger partial charge in [-0.15, -0.1) is 0 Å². The molecule has 5 nitrogen and oxygen atoms in total. The van der Waals surface area contributed by atoms with Crippen molar-refractivity contribution in [3.8, 4) is 0 Å². The van der Waals surface area contributed by atoms with Gasteiger partial charge in [0.2, 0.25) is 5.52 Å². The summed E-state index contributed by atoms with van der Waals surface area (Å²) in [5, 5.41) is 20.1. The molecule has 0 saturated carbocycles. The lowest BCUT2D eigenvalue weighted by Crippen LogP contribution is -2.27. The predicted molar refractivity (Wildman–Crippen MR) is 47.7 cm³/mol. The summed E-state index contributed by atoms with van der Waals surface area (Å²) in [5.74, 6) is -1.09. The van der Waals surface area contributed by atoms with Crippen molar-refractivity contribution >= 4 is 17.0 Å². The Morgan fingerprint density at radius 2 is 2.29 bits per heavy atom. The highest BCUT2D eigenvalue weighted by Crippen LogP contribution is 2.11. The van der Waals surface area contributed by atoms with Crippen molar-refractivity contribution in [2.24, 2.45) is 0 Å². The molecule has 2 aromatic rings. The first-order chi connectivity index (χ1) is 6.70. The van der Waals surface area contributed by atoms with E-state index in [0.29, 0.717) is 4.73 Å². The summed E-state index contributed by atoms with van der Waals surface area (Å²) in [6.07, 6.45) is 2.61. The Kier molecular flexibility index (Phi) is 1.78. The van der Waals surface area contributed by atoms with Gasteiger partial charge in [-0.3, -0.25) is 0 Å². The van der Waals surface area contributed by atoms with Gasteiger partial charge in [-0.25, -0.2) is 9.78 Å². The van der Waals surface area contributed by atoms with Crippen LogP contribution in [0.25, 0.3) is 11.0 Å². The van der Waals surface area contributed by atoms with E-state index >= 15 is 0 Å². The van der Waals surface area contributed by atoms with E-state index in [0.717, 1.165) is 6.20 Å². The molecule has 14 heavy (non-hydrogen) atoms. The summed E-state index contributed by atoms with van der Waals surface area (Å²) in [5.41, 5.74) is 0.498. The third kappa shape index (κ3) is 1.15. The molecule has 0 amide bonds. The molecular formula is C9H6N2O3. The van der Waals surface area contributed by atoms with Gasteiger partial charge in [0.1, 0.15) is 0 Å². The Morgan fingerprint density at radius 3 is 3.00 bits per heavy atom. The first kappa shape index (κ1) is 8.43. The maximum atomic E-state index is 11.2. The lowest BCUT2D eigenvalue weighted by atomic mass is 10.2. The van der Waals surface area contributed by atoms with Crippen molar-refractivity contribution < 1.29 is 14.6 Å². The average Bonchev–Trinajstić information content (AvgIpc) is 2.18. The van der Waals surface area contributed by atoms with Crippen molar-refractivity contribution in [2.45, 2.75) is 0 Å². The standard InChI is InChI=1S/C9H6N2O3/c12-9(13)6-3-5-11(14)7-2-1-4-10-8(6)7/h1-5H,(H,12,13).